The number of unbranched alkanes of at least 4 members (excludes halogenated alkanes) is 1. The van der Waals surface area contributed by atoms with Gasteiger partial charge in [-0.25, -0.2) is 5.01 Å². The zero-order valence-corrected chi connectivity index (χ0v) is 18.4. The number of carbonyl (C=O) groups excluding carboxylic acids is 1. The molecule has 150 valence electrons. The van der Waals surface area contributed by atoms with Crippen molar-refractivity contribution in [3.63, 3.8) is 0 Å². The van der Waals surface area contributed by atoms with Crippen LogP contribution in [-0.4, -0.2) is 22.2 Å². The number of rotatable bonds is 7. The van der Waals surface area contributed by atoms with Crippen molar-refractivity contribution in [3.8, 4) is 0 Å². The maximum Gasteiger partial charge on any atom is 0.243 e. The van der Waals surface area contributed by atoms with Crippen LogP contribution in [0.4, 0.5) is 0 Å². The predicted molar refractivity (Wildman–Crippen MR) is 115 cm³/mol. The highest BCUT2D eigenvalue weighted by Gasteiger charge is 2.47. The van der Waals surface area contributed by atoms with E-state index in [0.29, 0.717) is 12.3 Å². The van der Waals surface area contributed by atoms with Crippen LogP contribution in [-0.2, 0) is 4.79 Å². The minimum absolute atomic E-state index is 0.157. The molecule has 2 atom stereocenters. The summed E-state index contributed by atoms with van der Waals surface area (Å²) in [6, 6.07) is 10.6. The number of hydrazone groups is 1. The van der Waals surface area contributed by atoms with Gasteiger partial charge in [-0.2, -0.15) is 5.10 Å². The first kappa shape index (κ1) is 21.7. The maximum absolute atomic E-state index is 13.2. The second-order valence-corrected chi connectivity index (χ2v) is 9.97. The number of carbonyl (C=O) groups is 1. The fourth-order valence-corrected chi connectivity index (χ4v) is 4.52. The predicted octanol–water partition coefficient (Wildman–Crippen LogP) is 6.40. The van der Waals surface area contributed by atoms with Crippen LogP contribution in [0.2, 0.25) is 0 Å². The first-order valence-corrected chi connectivity index (χ1v) is 10.5. The van der Waals surface area contributed by atoms with Gasteiger partial charge in [-0.3, -0.25) is 4.79 Å². The average Bonchev–Trinajstić information content (AvgIpc) is 2.82. The molecule has 3 heteroatoms. The molecule has 27 heavy (non-hydrogen) atoms. The minimum Gasteiger partial charge on any atom is -0.273 e. The van der Waals surface area contributed by atoms with Crippen molar-refractivity contribution >= 4 is 11.6 Å². The molecule has 0 saturated carbocycles. The average molecular weight is 371 g/mol. The molecule has 0 bridgehead atoms. The highest BCUT2D eigenvalue weighted by Crippen LogP contribution is 2.42. The Morgan fingerprint density at radius 2 is 1.85 bits per heavy atom. The first-order valence-electron chi connectivity index (χ1n) is 10.5. The van der Waals surface area contributed by atoms with Crippen molar-refractivity contribution in [1.29, 1.82) is 0 Å². The summed E-state index contributed by atoms with van der Waals surface area (Å²) in [5.74, 6) is 0.690. The van der Waals surface area contributed by atoms with Gasteiger partial charge in [0.05, 0.1) is 5.54 Å². The Morgan fingerprint density at radius 1 is 1.22 bits per heavy atom. The monoisotopic (exact) mass is 370 g/mol. The molecule has 0 N–H and O–H groups in total. The van der Waals surface area contributed by atoms with Gasteiger partial charge in [-0.05, 0) is 50.0 Å². The van der Waals surface area contributed by atoms with Gasteiger partial charge < -0.3 is 0 Å². The van der Waals surface area contributed by atoms with Crippen LogP contribution < -0.4 is 0 Å². The quantitative estimate of drug-likeness (QED) is 0.546. The van der Waals surface area contributed by atoms with Gasteiger partial charge in [0.2, 0.25) is 5.91 Å². The molecule has 1 aliphatic rings. The van der Waals surface area contributed by atoms with Crippen LogP contribution in [0, 0.1) is 11.3 Å². The van der Waals surface area contributed by atoms with Gasteiger partial charge in [0.1, 0.15) is 0 Å². The smallest absolute Gasteiger partial charge is 0.243 e. The van der Waals surface area contributed by atoms with Crippen molar-refractivity contribution in [2.45, 2.75) is 92.0 Å². The summed E-state index contributed by atoms with van der Waals surface area (Å²) in [6.45, 7) is 15.4. The van der Waals surface area contributed by atoms with Crippen LogP contribution in [0.15, 0.2) is 35.4 Å². The summed E-state index contributed by atoms with van der Waals surface area (Å²) in [4.78, 5) is 13.2. The number of hydrogen-bond donors (Lipinski definition) is 0. The molecule has 1 amide bonds. The molecular weight excluding hydrogens is 332 g/mol. The van der Waals surface area contributed by atoms with Crippen molar-refractivity contribution in [3.05, 3.63) is 35.9 Å². The zero-order chi connectivity index (χ0) is 20.2. The lowest BCUT2D eigenvalue weighted by Crippen LogP contribution is -2.45. The van der Waals surface area contributed by atoms with Crippen molar-refractivity contribution in [2.75, 3.05) is 0 Å². The Balaban J connectivity index is 2.25. The third kappa shape index (κ3) is 5.43. The summed E-state index contributed by atoms with van der Waals surface area (Å²) in [5.41, 5.74) is 2.32. The summed E-state index contributed by atoms with van der Waals surface area (Å²) >= 11 is 0. The molecule has 3 nitrogen and oxygen atoms in total. The molecule has 1 aromatic carbocycles. The van der Waals surface area contributed by atoms with Gasteiger partial charge in [0.15, 0.2) is 0 Å². The third-order valence-electron chi connectivity index (χ3n) is 5.45. The van der Waals surface area contributed by atoms with Crippen LogP contribution in [0.3, 0.4) is 0 Å². The molecule has 1 aromatic rings. The van der Waals surface area contributed by atoms with E-state index in [0.717, 1.165) is 31.4 Å². The maximum atomic E-state index is 13.2. The molecule has 0 radical (unpaired) electrons. The number of hydrogen-bond acceptors (Lipinski definition) is 2. The van der Waals surface area contributed by atoms with E-state index in [-0.39, 0.29) is 22.8 Å². The minimum atomic E-state index is -0.330. The summed E-state index contributed by atoms with van der Waals surface area (Å²) in [5, 5.41) is 6.69. The molecule has 2 rings (SSSR count). The molecule has 1 heterocycles. The number of amides is 1. The molecule has 0 saturated heterocycles. The van der Waals surface area contributed by atoms with E-state index in [1.54, 1.807) is 5.01 Å². The highest BCUT2D eigenvalue weighted by atomic mass is 16.2. The Hall–Kier alpha value is -1.64. The Morgan fingerprint density at radius 3 is 2.41 bits per heavy atom. The normalized spacial score (nSPS) is 20.5. The number of benzene rings is 1. The van der Waals surface area contributed by atoms with Gasteiger partial charge in [-0.15, -0.1) is 0 Å². The number of nitrogens with zero attached hydrogens (tertiary/aromatic N) is 2. The molecule has 0 fully saturated rings. The summed E-state index contributed by atoms with van der Waals surface area (Å²) in [7, 11) is 0. The Labute approximate surface area is 166 Å². The van der Waals surface area contributed by atoms with Crippen LogP contribution in [0.5, 0.6) is 0 Å². The molecule has 2 unspecified atom stereocenters. The lowest BCUT2D eigenvalue weighted by Gasteiger charge is -2.35. The highest BCUT2D eigenvalue weighted by molar-refractivity contribution is 5.96. The van der Waals surface area contributed by atoms with Crippen LogP contribution in [0.1, 0.15) is 92.1 Å². The standard InChI is InChI=1S/C24H38N2O/c1-8-9-15-20-22(19-13-11-10-12-14-19)24(6,7)26(25-20)21(27)16-18(2)17-23(3,4)5/h10-14,18,22H,8-9,15-17H2,1-7H3. The van der Waals surface area contributed by atoms with Gasteiger partial charge >= 0.3 is 0 Å². The largest absolute Gasteiger partial charge is 0.273 e. The summed E-state index contributed by atoms with van der Waals surface area (Å²) < 4.78 is 0. The van der Waals surface area contributed by atoms with E-state index in [9.17, 15) is 4.79 Å². The molecule has 1 aliphatic heterocycles. The van der Waals surface area contributed by atoms with Crippen LogP contribution in [0.25, 0.3) is 0 Å². The van der Waals surface area contributed by atoms with E-state index >= 15 is 0 Å². The van der Waals surface area contributed by atoms with Gasteiger partial charge in [0, 0.05) is 18.1 Å². The second-order valence-electron chi connectivity index (χ2n) is 9.97. The van der Waals surface area contributed by atoms with Crippen LogP contribution >= 0.6 is 0 Å². The van der Waals surface area contributed by atoms with Gasteiger partial charge in [-0.1, -0.05) is 71.4 Å². The fourth-order valence-electron chi connectivity index (χ4n) is 4.52. The fraction of sp³-hybridized carbons (Fsp3) is 0.667. The SMILES string of the molecule is CCCCC1=NN(C(=O)CC(C)CC(C)(C)C)C(C)(C)C1c1ccccc1. The lowest BCUT2D eigenvalue weighted by molar-refractivity contribution is -0.136. The zero-order valence-electron chi connectivity index (χ0n) is 18.4. The molecular formula is C24H38N2O. The first-order chi connectivity index (χ1) is 12.6. The van der Waals surface area contributed by atoms with Crippen molar-refractivity contribution in [1.82, 2.24) is 5.01 Å². The lowest BCUT2D eigenvalue weighted by atomic mass is 9.78. The van der Waals surface area contributed by atoms with E-state index in [1.165, 1.54) is 5.56 Å². The summed E-state index contributed by atoms with van der Waals surface area (Å²) in [6.07, 6.45) is 4.81. The van der Waals surface area contributed by atoms with E-state index < -0.39 is 0 Å². The van der Waals surface area contributed by atoms with E-state index in [4.69, 9.17) is 5.10 Å². The van der Waals surface area contributed by atoms with E-state index in [2.05, 4.69) is 72.7 Å². The van der Waals surface area contributed by atoms with Gasteiger partial charge in [0.25, 0.3) is 0 Å². The Kier molecular flexibility index (Phi) is 6.88. The topological polar surface area (TPSA) is 32.7 Å². The molecule has 0 aromatic heterocycles. The Bertz CT molecular complexity index is 655. The van der Waals surface area contributed by atoms with Crippen molar-refractivity contribution in [2.24, 2.45) is 16.4 Å². The molecule has 0 spiro atoms. The second kappa shape index (κ2) is 8.58. The van der Waals surface area contributed by atoms with E-state index in [1.807, 2.05) is 6.07 Å². The van der Waals surface area contributed by atoms with Crippen molar-refractivity contribution < 1.29 is 4.79 Å². The molecule has 0 aliphatic carbocycles. The third-order valence-corrected chi connectivity index (χ3v) is 5.45.